The van der Waals surface area contributed by atoms with Gasteiger partial charge >= 0.3 is 5.97 Å². The number of amides is 1. The molecule has 0 radical (unpaired) electrons. The van der Waals surface area contributed by atoms with Gasteiger partial charge in [0, 0.05) is 22.3 Å². The number of anilines is 1. The van der Waals surface area contributed by atoms with Gasteiger partial charge in [-0.15, -0.1) is 0 Å². The summed E-state index contributed by atoms with van der Waals surface area (Å²) in [5.74, 6) is -1.37. The van der Waals surface area contributed by atoms with Crippen molar-refractivity contribution in [3.63, 3.8) is 0 Å². The summed E-state index contributed by atoms with van der Waals surface area (Å²) in [6.07, 6.45) is 0. The third-order valence-electron chi connectivity index (χ3n) is 3.16. The van der Waals surface area contributed by atoms with E-state index in [9.17, 15) is 19.7 Å². The molecule has 9 heteroatoms. The van der Waals surface area contributed by atoms with Gasteiger partial charge in [0.1, 0.15) is 0 Å². The first-order chi connectivity index (χ1) is 11.8. The van der Waals surface area contributed by atoms with Gasteiger partial charge in [0.05, 0.1) is 15.5 Å². The Labute approximate surface area is 156 Å². The van der Waals surface area contributed by atoms with Gasteiger partial charge in [-0.05, 0) is 36.8 Å². The van der Waals surface area contributed by atoms with Gasteiger partial charge in [0.15, 0.2) is 6.61 Å². The van der Waals surface area contributed by atoms with Crippen LogP contribution in [-0.4, -0.2) is 23.4 Å². The van der Waals surface area contributed by atoms with E-state index in [4.69, 9.17) is 16.3 Å². The maximum Gasteiger partial charge on any atom is 0.340 e. The number of nitro groups is 1. The van der Waals surface area contributed by atoms with Crippen molar-refractivity contribution in [2.24, 2.45) is 0 Å². The van der Waals surface area contributed by atoms with Crippen LogP contribution in [0.4, 0.5) is 11.4 Å². The Kier molecular flexibility index (Phi) is 6.11. The highest BCUT2D eigenvalue weighted by Gasteiger charge is 2.17. The predicted octanol–water partition coefficient (Wildman–Crippen LogP) is 4.11. The van der Waals surface area contributed by atoms with Crippen LogP contribution >= 0.6 is 27.5 Å². The molecule has 0 atom stereocenters. The molecule has 0 heterocycles. The van der Waals surface area contributed by atoms with Crippen LogP contribution in [0.25, 0.3) is 0 Å². The van der Waals surface area contributed by atoms with E-state index in [0.717, 1.165) is 22.2 Å². The maximum atomic E-state index is 11.9. The van der Waals surface area contributed by atoms with Crippen molar-refractivity contribution < 1.29 is 19.2 Å². The molecule has 0 aliphatic carbocycles. The number of carbonyl (C=O) groups excluding carboxylic acids is 2. The molecule has 25 heavy (non-hydrogen) atoms. The number of hydrogen-bond donors (Lipinski definition) is 1. The Bertz CT molecular complexity index is 856. The zero-order chi connectivity index (χ0) is 18.6. The van der Waals surface area contributed by atoms with Crippen LogP contribution in [0, 0.1) is 17.0 Å². The number of hydrogen-bond acceptors (Lipinski definition) is 5. The summed E-state index contributed by atoms with van der Waals surface area (Å²) in [7, 11) is 0. The number of benzene rings is 2. The third-order valence-corrected chi connectivity index (χ3v) is 4.36. The minimum Gasteiger partial charge on any atom is -0.452 e. The largest absolute Gasteiger partial charge is 0.452 e. The van der Waals surface area contributed by atoms with Gasteiger partial charge in [-0.3, -0.25) is 14.9 Å². The lowest BCUT2D eigenvalue weighted by Gasteiger charge is -2.08. The van der Waals surface area contributed by atoms with Crippen molar-refractivity contribution in [2.75, 3.05) is 11.9 Å². The number of ether oxygens (including phenoxy) is 1. The molecule has 2 aromatic rings. The lowest BCUT2D eigenvalue weighted by Crippen LogP contribution is -2.21. The maximum absolute atomic E-state index is 11.9. The van der Waals surface area contributed by atoms with E-state index < -0.39 is 23.4 Å². The number of nitro benzene ring substituents is 1. The summed E-state index contributed by atoms with van der Waals surface area (Å²) < 4.78 is 5.79. The van der Waals surface area contributed by atoms with Crippen LogP contribution in [0.1, 0.15) is 15.9 Å². The highest BCUT2D eigenvalue weighted by Crippen LogP contribution is 2.23. The summed E-state index contributed by atoms with van der Waals surface area (Å²) in [4.78, 5) is 33.8. The van der Waals surface area contributed by atoms with Crippen molar-refractivity contribution in [2.45, 2.75) is 6.92 Å². The van der Waals surface area contributed by atoms with Gasteiger partial charge in [-0.1, -0.05) is 27.5 Å². The Balaban J connectivity index is 1.96. The first-order valence-electron chi connectivity index (χ1n) is 6.95. The Morgan fingerprint density at radius 3 is 2.60 bits per heavy atom. The molecule has 130 valence electrons. The molecule has 1 N–H and O–H groups in total. The summed E-state index contributed by atoms with van der Waals surface area (Å²) in [5, 5.41) is 13.1. The number of nitrogens with zero attached hydrogens (tertiary/aromatic N) is 1. The highest BCUT2D eigenvalue weighted by atomic mass is 79.9. The van der Waals surface area contributed by atoms with Crippen LogP contribution in [0.15, 0.2) is 40.9 Å². The van der Waals surface area contributed by atoms with E-state index in [-0.39, 0.29) is 16.3 Å². The van der Waals surface area contributed by atoms with Crippen LogP contribution in [0.3, 0.4) is 0 Å². The molecular weight excluding hydrogens is 416 g/mol. The molecular formula is C16H12BrClN2O5. The molecule has 0 saturated heterocycles. The Morgan fingerprint density at radius 1 is 1.28 bits per heavy atom. The summed E-state index contributed by atoms with van der Waals surface area (Å²) in [6.45, 7) is 1.36. The van der Waals surface area contributed by atoms with Crippen LogP contribution in [0.5, 0.6) is 0 Å². The Morgan fingerprint density at radius 2 is 2.00 bits per heavy atom. The topological polar surface area (TPSA) is 98.5 Å². The van der Waals surface area contributed by atoms with Crippen molar-refractivity contribution in [3.05, 3.63) is 67.1 Å². The first-order valence-corrected chi connectivity index (χ1v) is 8.12. The lowest BCUT2D eigenvalue weighted by atomic mass is 10.2. The van der Waals surface area contributed by atoms with Crippen LogP contribution < -0.4 is 5.32 Å². The fourth-order valence-corrected chi connectivity index (χ4v) is 2.41. The lowest BCUT2D eigenvalue weighted by molar-refractivity contribution is -0.384. The molecule has 7 nitrogen and oxygen atoms in total. The summed E-state index contributed by atoms with van der Waals surface area (Å²) in [6, 6.07) is 8.60. The van der Waals surface area contributed by atoms with Crippen molar-refractivity contribution in [1.82, 2.24) is 0 Å². The van der Waals surface area contributed by atoms with E-state index in [1.807, 2.05) is 6.92 Å². The Hall–Kier alpha value is -2.45. The van der Waals surface area contributed by atoms with Gasteiger partial charge in [-0.25, -0.2) is 4.79 Å². The normalized spacial score (nSPS) is 10.2. The zero-order valence-electron chi connectivity index (χ0n) is 12.9. The molecule has 2 rings (SSSR count). The quantitative estimate of drug-likeness (QED) is 0.440. The summed E-state index contributed by atoms with van der Waals surface area (Å²) in [5.41, 5.74) is 1.20. The number of nitrogens with one attached hydrogen (secondary N) is 1. The molecule has 0 aliphatic rings. The fraction of sp³-hybridized carbons (Fsp3) is 0.125. The van der Waals surface area contributed by atoms with Gasteiger partial charge in [-0.2, -0.15) is 0 Å². The summed E-state index contributed by atoms with van der Waals surface area (Å²) >= 11 is 9.19. The van der Waals surface area contributed by atoms with E-state index in [1.165, 1.54) is 6.07 Å². The number of esters is 1. The highest BCUT2D eigenvalue weighted by molar-refractivity contribution is 9.10. The monoisotopic (exact) mass is 426 g/mol. The number of halogens is 2. The predicted molar refractivity (Wildman–Crippen MR) is 95.9 cm³/mol. The van der Waals surface area contributed by atoms with Gasteiger partial charge < -0.3 is 10.1 Å². The van der Waals surface area contributed by atoms with Crippen molar-refractivity contribution in [3.8, 4) is 0 Å². The van der Waals surface area contributed by atoms with E-state index in [1.54, 1.807) is 18.2 Å². The second kappa shape index (κ2) is 8.09. The first kappa shape index (κ1) is 18.9. The second-order valence-electron chi connectivity index (χ2n) is 5.01. The van der Waals surface area contributed by atoms with Crippen molar-refractivity contribution in [1.29, 1.82) is 0 Å². The molecule has 0 bridgehead atoms. The van der Waals surface area contributed by atoms with E-state index >= 15 is 0 Å². The SMILES string of the molecule is Cc1cc(NC(=O)COC(=O)c2ccc([N+](=O)[O-])cc2Cl)ccc1Br. The average molecular weight is 428 g/mol. The zero-order valence-corrected chi connectivity index (χ0v) is 15.3. The van der Waals surface area contributed by atoms with Gasteiger partial charge in [0.25, 0.3) is 11.6 Å². The van der Waals surface area contributed by atoms with Crippen LogP contribution in [0.2, 0.25) is 5.02 Å². The molecule has 1 amide bonds. The molecule has 0 unspecified atom stereocenters. The van der Waals surface area contributed by atoms with E-state index in [0.29, 0.717) is 5.69 Å². The number of rotatable bonds is 5. The molecule has 0 fully saturated rings. The molecule has 2 aromatic carbocycles. The molecule has 0 saturated carbocycles. The van der Waals surface area contributed by atoms with Crippen molar-refractivity contribution >= 4 is 50.8 Å². The third kappa shape index (κ3) is 5.01. The van der Waals surface area contributed by atoms with Crippen LogP contribution in [-0.2, 0) is 9.53 Å². The van der Waals surface area contributed by atoms with E-state index in [2.05, 4.69) is 21.2 Å². The minimum atomic E-state index is -0.845. The fourth-order valence-electron chi connectivity index (χ4n) is 1.91. The molecule has 0 aromatic heterocycles. The molecule has 0 spiro atoms. The molecule has 0 aliphatic heterocycles. The second-order valence-corrected chi connectivity index (χ2v) is 6.27. The smallest absolute Gasteiger partial charge is 0.340 e. The number of non-ortho nitro benzene ring substituents is 1. The minimum absolute atomic E-state index is 0.0560. The van der Waals surface area contributed by atoms with Gasteiger partial charge in [0.2, 0.25) is 0 Å². The standard InChI is InChI=1S/C16H12BrClN2O5/c1-9-6-10(2-5-13(9)17)19-15(21)8-25-16(22)12-4-3-11(20(23)24)7-14(12)18/h2-7H,8H2,1H3,(H,19,21). The number of aryl methyl sites for hydroxylation is 1. The average Bonchev–Trinajstić information content (AvgIpc) is 2.56. The number of carbonyl (C=O) groups is 2.